The van der Waals surface area contributed by atoms with Crippen molar-refractivity contribution < 1.29 is 19.1 Å². The van der Waals surface area contributed by atoms with Crippen LogP contribution in [0.5, 0.6) is 0 Å². The summed E-state index contributed by atoms with van der Waals surface area (Å²) in [5.74, 6) is -1.56. The minimum absolute atomic E-state index is 0.297. The largest absolute Gasteiger partial charge is 0.480 e. The molecule has 0 saturated carbocycles. The van der Waals surface area contributed by atoms with E-state index in [1.54, 1.807) is 33.8 Å². The van der Waals surface area contributed by atoms with Crippen molar-refractivity contribution >= 4 is 17.7 Å². The van der Waals surface area contributed by atoms with E-state index >= 15 is 0 Å². The van der Waals surface area contributed by atoms with Crippen LogP contribution in [0.3, 0.4) is 0 Å². The Kier molecular flexibility index (Phi) is 5.29. The molecule has 0 radical (unpaired) electrons. The molecule has 1 atom stereocenters. The Morgan fingerprint density at radius 2 is 2.00 bits per heavy atom. The minimum atomic E-state index is -1.11. The number of aliphatic carboxylic acids is 1. The van der Waals surface area contributed by atoms with Crippen LogP contribution >= 0.6 is 0 Å². The normalized spacial score (nSPS) is 12.6. The SMILES string of the molecule is CCN(C(=O)NC(C(=O)O)C(C)(C)C)c1cccc(F)c1. The maximum absolute atomic E-state index is 13.3. The number of anilines is 1. The zero-order chi connectivity index (χ0) is 16.2. The van der Waals surface area contributed by atoms with Gasteiger partial charge < -0.3 is 10.4 Å². The van der Waals surface area contributed by atoms with Crippen molar-refractivity contribution in [2.75, 3.05) is 11.4 Å². The zero-order valence-corrected chi connectivity index (χ0v) is 12.7. The van der Waals surface area contributed by atoms with E-state index in [-0.39, 0.29) is 0 Å². The van der Waals surface area contributed by atoms with Crippen molar-refractivity contribution in [2.24, 2.45) is 5.41 Å². The molecule has 2 N–H and O–H groups in total. The third-order valence-corrected chi connectivity index (χ3v) is 3.06. The lowest BCUT2D eigenvalue weighted by Crippen LogP contribution is -2.53. The molecule has 0 saturated heterocycles. The van der Waals surface area contributed by atoms with Crippen LogP contribution in [0, 0.1) is 11.2 Å². The Labute approximate surface area is 123 Å². The van der Waals surface area contributed by atoms with E-state index in [2.05, 4.69) is 5.32 Å². The topological polar surface area (TPSA) is 69.6 Å². The Hall–Kier alpha value is -2.11. The van der Waals surface area contributed by atoms with Gasteiger partial charge in [-0.05, 0) is 30.5 Å². The molecular formula is C15H21FN2O3. The molecule has 6 heteroatoms. The average molecular weight is 296 g/mol. The molecule has 1 rings (SSSR count). The van der Waals surface area contributed by atoms with Crippen molar-refractivity contribution in [3.63, 3.8) is 0 Å². The molecule has 5 nitrogen and oxygen atoms in total. The van der Waals surface area contributed by atoms with Crippen LogP contribution < -0.4 is 10.2 Å². The Morgan fingerprint density at radius 1 is 1.38 bits per heavy atom. The van der Waals surface area contributed by atoms with Crippen LogP contribution in [0.15, 0.2) is 24.3 Å². The van der Waals surface area contributed by atoms with Gasteiger partial charge in [0.1, 0.15) is 11.9 Å². The fraction of sp³-hybridized carbons (Fsp3) is 0.467. The first-order valence-electron chi connectivity index (χ1n) is 6.73. The summed E-state index contributed by atoms with van der Waals surface area (Å²) < 4.78 is 13.3. The highest BCUT2D eigenvalue weighted by atomic mass is 19.1. The summed E-state index contributed by atoms with van der Waals surface area (Å²) in [5, 5.41) is 11.7. The number of carboxylic acid groups (broad SMARTS) is 1. The number of halogens is 1. The molecule has 1 unspecified atom stereocenters. The van der Waals surface area contributed by atoms with Gasteiger partial charge >= 0.3 is 12.0 Å². The van der Waals surface area contributed by atoms with Gasteiger partial charge in [0.2, 0.25) is 0 Å². The lowest BCUT2D eigenvalue weighted by atomic mass is 9.87. The van der Waals surface area contributed by atoms with Gasteiger partial charge in [0.15, 0.2) is 0 Å². The number of amides is 2. The van der Waals surface area contributed by atoms with Gasteiger partial charge in [-0.2, -0.15) is 0 Å². The molecular weight excluding hydrogens is 275 g/mol. The first-order valence-corrected chi connectivity index (χ1v) is 6.73. The molecule has 0 heterocycles. The summed E-state index contributed by atoms with van der Waals surface area (Å²) in [5.41, 5.74) is -0.254. The molecule has 2 amide bonds. The second-order valence-corrected chi connectivity index (χ2v) is 5.81. The van der Waals surface area contributed by atoms with Gasteiger partial charge in [0.05, 0.1) is 0 Å². The highest BCUT2D eigenvalue weighted by Crippen LogP contribution is 2.21. The first-order chi connectivity index (χ1) is 9.66. The number of carbonyl (C=O) groups excluding carboxylic acids is 1. The number of hydrogen-bond acceptors (Lipinski definition) is 2. The van der Waals surface area contributed by atoms with Gasteiger partial charge in [-0.1, -0.05) is 26.8 Å². The molecule has 0 aliphatic rings. The lowest BCUT2D eigenvalue weighted by Gasteiger charge is -2.30. The second kappa shape index (κ2) is 6.56. The van der Waals surface area contributed by atoms with Crippen LogP contribution in [0.25, 0.3) is 0 Å². The fourth-order valence-corrected chi connectivity index (χ4v) is 1.94. The van der Waals surface area contributed by atoms with E-state index in [1.807, 2.05) is 0 Å². The van der Waals surface area contributed by atoms with Crippen LogP contribution in [0.1, 0.15) is 27.7 Å². The third-order valence-electron chi connectivity index (χ3n) is 3.06. The van der Waals surface area contributed by atoms with E-state index in [0.717, 1.165) is 0 Å². The summed E-state index contributed by atoms with van der Waals surface area (Å²) in [4.78, 5) is 24.9. The van der Waals surface area contributed by atoms with Crippen LogP contribution in [-0.4, -0.2) is 29.7 Å². The minimum Gasteiger partial charge on any atom is -0.480 e. The van der Waals surface area contributed by atoms with Crippen LogP contribution in [0.4, 0.5) is 14.9 Å². The molecule has 0 aromatic heterocycles. The van der Waals surface area contributed by atoms with Crippen molar-refractivity contribution in [1.29, 1.82) is 0 Å². The Morgan fingerprint density at radius 3 is 2.43 bits per heavy atom. The number of benzene rings is 1. The Bertz CT molecular complexity index is 526. The molecule has 0 spiro atoms. The van der Waals surface area contributed by atoms with E-state index < -0.39 is 29.3 Å². The Balaban J connectivity index is 2.96. The summed E-state index contributed by atoms with van der Waals surface area (Å²) in [7, 11) is 0. The summed E-state index contributed by atoms with van der Waals surface area (Å²) in [6.45, 7) is 7.21. The van der Waals surface area contributed by atoms with Crippen LogP contribution in [0.2, 0.25) is 0 Å². The molecule has 0 aliphatic heterocycles. The standard InChI is InChI=1S/C15H21FN2O3/c1-5-18(11-8-6-7-10(16)9-11)14(21)17-12(13(19)20)15(2,3)4/h6-9,12H,5H2,1-4H3,(H,17,21)(H,19,20). The molecule has 116 valence electrons. The van der Waals surface area contributed by atoms with Gasteiger partial charge in [-0.3, -0.25) is 4.90 Å². The highest BCUT2D eigenvalue weighted by molar-refractivity contribution is 5.94. The lowest BCUT2D eigenvalue weighted by molar-refractivity contribution is -0.141. The third kappa shape index (κ3) is 4.44. The van der Waals surface area contributed by atoms with E-state index in [9.17, 15) is 19.1 Å². The number of carboxylic acids is 1. The molecule has 0 bridgehead atoms. The number of hydrogen-bond donors (Lipinski definition) is 2. The van der Waals surface area contributed by atoms with Crippen molar-refractivity contribution in [3.8, 4) is 0 Å². The fourth-order valence-electron chi connectivity index (χ4n) is 1.94. The number of nitrogens with zero attached hydrogens (tertiary/aromatic N) is 1. The number of rotatable bonds is 4. The van der Waals surface area contributed by atoms with E-state index in [4.69, 9.17) is 0 Å². The average Bonchev–Trinajstić information content (AvgIpc) is 2.35. The predicted molar refractivity (Wildman–Crippen MR) is 78.8 cm³/mol. The highest BCUT2D eigenvalue weighted by Gasteiger charge is 2.33. The van der Waals surface area contributed by atoms with Crippen molar-refractivity contribution in [3.05, 3.63) is 30.1 Å². The second-order valence-electron chi connectivity index (χ2n) is 5.81. The number of carbonyl (C=O) groups is 2. The summed E-state index contributed by atoms with van der Waals surface area (Å²) in [6, 6.07) is 4.01. The number of urea groups is 1. The van der Waals surface area contributed by atoms with Crippen LogP contribution in [-0.2, 0) is 4.79 Å². The quantitative estimate of drug-likeness (QED) is 0.897. The smallest absolute Gasteiger partial charge is 0.326 e. The molecule has 1 aromatic carbocycles. The van der Waals surface area contributed by atoms with Gasteiger partial charge in [0, 0.05) is 12.2 Å². The molecule has 0 fully saturated rings. The van der Waals surface area contributed by atoms with Gasteiger partial charge in [-0.25, -0.2) is 14.0 Å². The summed E-state index contributed by atoms with van der Waals surface area (Å²) >= 11 is 0. The van der Waals surface area contributed by atoms with Crippen molar-refractivity contribution in [1.82, 2.24) is 5.32 Å². The predicted octanol–water partition coefficient (Wildman–Crippen LogP) is 2.86. The monoisotopic (exact) mass is 296 g/mol. The van der Waals surface area contributed by atoms with E-state index in [1.165, 1.54) is 23.1 Å². The van der Waals surface area contributed by atoms with E-state index in [0.29, 0.717) is 12.2 Å². The summed E-state index contributed by atoms with van der Waals surface area (Å²) in [6.07, 6.45) is 0. The maximum Gasteiger partial charge on any atom is 0.326 e. The zero-order valence-electron chi connectivity index (χ0n) is 12.7. The number of nitrogens with one attached hydrogen (secondary N) is 1. The van der Waals surface area contributed by atoms with Gasteiger partial charge in [-0.15, -0.1) is 0 Å². The first kappa shape index (κ1) is 16.9. The molecule has 21 heavy (non-hydrogen) atoms. The maximum atomic E-state index is 13.3. The molecule has 0 aliphatic carbocycles. The molecule has 1 aromatic rings. The van der Waals surface area contributed by atoms with Crippen molar-refractivity contribution in [2.45, 2.75) is 33.7 Å². The van der Waals surface area contributed by atoms with Gasteiger partial charge in [0.25, 0.3) is 0 Å².